The summed E-state index contributed by atoms with van der Waals surface area (Å²) in [7, 11) is 0. The number of rotatable bonds is 3. The number of halogens is 2. The van der Waals surface area contributed by atoms with Crippen molar-refractivity contribution in [1.29, 1.82) is 0 Å². The Morgan fingerprint density at radius 1 is 1.43 bits per heavy atom. The lowest BCUT2D eigenvalue weighted by Crippen LogP contribution is -1.97. The van der Waals surface area contributed by atoms with Gasteiger partial charge in [0.15, 0.2) is 0 Å². The highest BCUT2D eigenvalue weighted by Crippen LogP contribution is 2.26. The fourth-order valence-electron chi connectivity index (χ4n) is 1.15. The summed E-state index contributed by atoms with van der Waals surface area (Å²) in [6, 6.07) is 3.94. The van der Waals surface area contributed by atoms with Crippen LogP contribution in [0.25, 0.3) is 0 Å². The summed E-state index contributed by atoms with van der Waals surface area (Å²) >= 11 is 9.10. The first-order chi connectivity index (χ1) is 6.50. The molecule has 0 amide bonds. The first-order valence-corrected chi connectivity index (χ1v) is 5.40. The highest BCUT2D eigenvalue weighted by atomic mass is 79.9. The van der Waals surface area contributed by atoms with Crippen molar-refractivity contribution in [3.63, 3.8) is 0 Å². The Morgan fingerprint density at radius 2 is 1.93 bits per heavy atom. The van der Waals surface area contributed by atoms with Gasteiger partial charge in [-0.2, -0.15) is 0 Å². The Morgan fingerprint density at radius 3 is 2.36 bits per heavy atom. The summed E-state index contributed by atoms with van der Waals surface area (Å²) in [5.74, 6) is 0.824. The van der Waals surface area contributed by atoms with E-state index >= 15 is 0 Å². The maximum Gasteiger partial charge on any atom is 0.123 e. The van der Waals surface area contributed by atoms with Gasteiger partial charge in [-0.1, -0.05) is 34.1 Å². The Bertz CT molecular complexity index is 337. The molecule has 0 aliphatic heterocycles. The van der Waals surface area contributed by atoms with Crippen LogP contribution >= 0.6 is 27.5 Å². The molecule has 0 radical (unpaired) electrons. The van der Waals surface area contributed by atoms with Crippen molar-refractivity contribution >= 4 is 27.5 Å². The van der Waals surface area contributed by atoms with Crippen LogP contribution < -0.4 is 4.74 Å². The summed E-state index contributed by atoms with van der Waals surface area (Å²) < 4.78 is 6.55. The van der Waals surface area contributed by atoms with Crippen LogP contribution in [0.4, 0.5) is 0 Å². The van der Waals surface area contributed by atoms with E-state index < -0.39 is 0 Å². The molecule has 3 heteroatoms. The first kappa shape index (κ1) is 11.6. The van der Waals surface area contributed by atoms with E-state index in [1.54, 1.807) is 0 Å². The maximum absolute atomic E-state index is 5.61. The fourth-order valence-corrected chi connectivity index (χ4v) is 1.43. The Balaban J connectivity index is 2.84. The van der Waals surface area contributed by atoms with Crippen LogP contribution in [0.5, 0.6) is 5.75 Å². The second kappa shape index (κ2) is 4.85. The molecule has 0 aliphatic carbocycles. The minimum atomic E-state index is 0.349. The molecule has 1 aromatic carbocycles. The highest BCUT2D eigenvalue weighted by molar-refractivity contribution is 9.10. The molecule has 1 nitrogen and oxygen atoms in total. The molecule has 0 bridgehead atoms. The van der Waals surface area contributed by atoms with Gasteiger partial charge in [-0.05, 0) is 37.1 Å². The molecule has 0 heterocycles. The average molecular weight is 276 g/mol. The van der Waals surface area contributed by atoms with E-state index in [-0.39, 0.29) is 0 Å². The number of aryl methyl sites for hydroxylation is 2. The lowest BCUT2D eigenvalue weighted by Gasteiger charge is -2.09. The van der Waals surface area contributed by atoms with E-state index in [2.05, 4.69) is 22.5 Å². The Hall–Kier alpha value is -0.470. The number of hydrogen-bond donors (Lipinski definition) is 0. The molecule has 14 heavy (non-hydrogen) atoms. The summed E-state index contributed by atoms with van der Waals surface area (Å²) in [6.45, 7) is 7.97. The van der Waals surface area contributed by atoms with Crippen LogP contribution in [-0.4, -0.2) is 6.61 Å². The van der Waals surface area contributed by atoms with Gasteiger partial charge in [-0.3, -0.25) is 0 Å². The van der Waals surface area contributed by atoms with Crippen molar-refractivity contribution in [2.75, 3.05) is 6.61 Å². The molecule has 1 aromatic rings. The second-order valence-corrected chi connectivity index (χ2v) is 4.50. The van der Waals surface area contributed by atoms with Gasteiger partial charge in [-0.25, -0.2) is 0 Å². The van der Waals surface area contributed by atoms with Gasteiger partial charge in [-0.15, -0.1) is 0 Å². The van der Waals surface area contributed by atoms with E-state index in [0.717, 1.165) is 21.3 Å². The highest BCUT2D eigenvalue weighted by Gasteiger charge is 2.03. The van der Waals surface area contributed by atoms with Crippen molar-refractivity contribution in [1.82, 2.24) is 0 Å². The molecular formula is C11H12BrClO. The summed E-state index contributed by atoms with van der Waals surface area (Å²) in [5, 5.41) is 0.503. The topological polar surface area (TPSA) is 9.23 Å². The third-order valence-corrected chi connectivity index (χ3v) is 3.17. The lowest BCUT2D eigenvalue weighted by molar-refractivity contribution is 0.359. The molecule has 0 unspecified atom stereocenters. The number of benzene rings is 1. The third-order valence-electron chi connectivity index (χ3n) is 1.81. The zero-order valence-electron chi connectivity index (χ0n) is 8.23. The second-order valence-electron chi connectivity index (χ2n) is 3.18. The van der Waals surface area contributed by atoms with Crippen LogP contribution in [0.1, 0.15) is 11.1 Å². The van der Waals surface area contributed by atoms with Gasteiger partial charge in [0, 0.05) is 9.51 Å². The average Bonchev–Trinajstić information content (AvgIpc) is 2.10. The van der Waals surface area contributed by atoms with Gasteiger partial charge in [0.2, 0.25) is 0 Å². The summed E-state index contributed by atoms with van der Waals surface area (Å²) in [5.41, 5.74) is 2.31. The molecule has 0 saturated heterocycles. The van der Waals surface area contributed by atoms with Gasteiger partial charge < -0.3 is 4.74 Å². The van der Waals surface area contributed by atoms with E-state index in [9.17, 15) is 0 Å². The molecule has 0 atom stereocenters. The third kappa shape index (κ3) is 3.03. The van der Waals surface area contributed by atoms with Crippen LogP contribution in [0.2, 0.25) is 0 Å². The Kier molecular flexibility index (Phi) is 4.02. The normalized spacial score (nSPS) is 10.0. The van der Waals surface area contributed by atoms with Crippen molar-refractivity contribution in [3.8, 4) is 5.75 Å². The standard InChI is InChI=1S/C11H12BrClO/c1-7-4-10(14-6-9(3)13)5-8(2)11(7)12/h4-5H,3,6H2,1-2H3. The van der Waals surface area contributed by atoms with E-state index in [4.69, 9.17) is 16.3 Å². The molecule has 0 saturated carbocycles. The van der Waals surface area contributed by atoms with Crippen LogP contribution in [0, 0.1) is 13.8 Å². The molecule has 0 N–H and O–H groups in total. The SMILES string of the molecule is C=C(Cl)COc1cc(C)c(Br)c(C)c1. The zero-order chi connectivity index (χ0) is 10.7. The number of ether oxygens (including phenoxy) is 1. The smallest absolute Gasteiger partial charge is 0.123 e. The van der Waals surface area contributed by atoms with Crippen LogP contribution in [0.15, 0.2) is 28.2 Å². The van der Waals surface area contributed by atoms with Crippen molar-refractivity contribution in [3.05, 3.63) is 39.3 Å². The van der Waals surface area contributed by atoms with Crippen LogP contribution in [0.3, 0.4) is 0 Å². The van der Waals surface area contributed by atoms with Crippen molar-refractivity contribution in [2.45, 2.75) is 13.8 Å². The van der Waals surface area contributed by atoms with E-state index in [0.29, 0.717) is 11.6 Å². The first-order valence-electron chi connectivity index (χ1n) is 4.23. The zero-order valence-corrected chi connectivity index (χ0v) is 10.6. The predicted octanol–water partition coefficient (Wildman–Crippen LogP) is 4.20. The summed E-state index contributed by atoms with van der Waals surface area (Å²) in [6.07, 6.45) is 0. The minimum absolute atomic E-state index is 0.349. The largest absolute Gasteiger partial charge is 0.488 e. The quantitative estimate of drug-likeness (QED) is 0.803. The lowest BCUT2D eigenvalue weighted by atomic mass is 10.1. The molecule has 1 rings (SSSR count). The molecule has 0 aliphatic rings. The van der Waals surface area contributed by atoms with Crippen molar-refractivity contribution < 1.29 is 4.74 Å². The van der Waals surface area contributed by atoms with Gasteiger partial charge in [0.05, 0.1) is 0 Å². The van der Waals surface area contributed by atoms with E-state index in [1.807, 2.05) is 26.0 Å². The number of hydrogen-bond acceptors (Lipinski definition) is 1. The Labute approximate surface area is 97.9 Å². The monoisotopic (exact) mass is 274 g/mol. The molecule has 76 valence electrons. The maximum atomic E-state index is 5.61. The van der Waals surface area contributed by atoms with Crippen LogP contribution in [-0.2, 0) is 0 Å². The predicted molar refractivity (Wildman–Crippen MR) is 64.1 cm³/mol. The van der Waals surface area contributed by atoms with Gasteiger partial charge >= 0.3 is 0 Å². The fraction of sp³-hybridized carbons (Fsp3) is 0.273. The van der Waals surface area contributed by atoms with Gasteiger partial charge in [0.1, 0.15) is 12.4 Å². The minimum Gasteiger partial charge on any atom is -0.488 e. The molecular weight excluding hydrogens is 263 g/mol. The van der Waals surface area contributed by atoms with Gasteiger partial charge in [0.25, 0.3) is 0 Å². The molecule has 0 spiro atoms. The molecule has 0 fully saturated rings. The summed E-state index contributed by atoms with van der Waals surface area (Å²) in [4.78, 5) is 0. The van der Waals surface area contributed by atoms with E-state index in [1.165, 1.54) is 0 Å². The van der Waals surface area contributed by atoms with Crippen molar-refractivity contribution in [2.24, 2.45) is 0 Å². The molecule has 0 aromatic heterocycles.